The summed E-state index contributed by atoms with van der Waals surface area (Å²) in [5, 5.41) is 3.70. The lowest BCUT2D eigenvalue weighted by Gasteiger charge is -2.43. The Morgan fingerprint density at radius 1 is 1.24 bits per heavy atom. The smallest absolute Gasteiger partial charge is 0.0697 e. The van der Waals surface area contributed by atoms with E-state index >= 15 is 0 Å². The predicted octanol–water partition coefficient (Wildman–Crippen LogP) is 2.02. The Bertz CT molecular complexity index is 219. The van der Waals surface area contributed by atoms with Gasteiger partial charge in [-0.1, -0.05) is 19.3 Å². The van der Waals surface area contributed by atoms with E-state index in [1.54, 1.807) is 0 Å². The molecule has 2 aliphatic rings. The van der Waals surface area contributed by atoms with Gasteiger partial charge in [-0.3, -0.25) is 0 Å². The van der Waals surface area contributed by atoms with Gasteiger partial charge in [0.1, 0.15) is 0 Å². The number of hydrogen-bond donors (Lipinski definition) is 1. The maximum Gasteiger partial charge on any atom is 0.0697 e. The molecule has 1 N–H and O–H groups in total. The van der Waals surface area contributed by atoms with Crippen molar-refractivity contribution in [2.24, 2.45) is 0 Å². The van der Waals surface area contributed by atoms with E-state index in [-0.39, 0.29) is 5.60 Å². The Balaban J connectivity index is 1.76. The van der Waals surface area contributed by atoms with Gasteiger partial charge in [-0.2, -0.15) is 0 Å². The topological polar surface area (TPSA) is 24.5 Å². The molecule has 1 aliphatic heterocycles. The second-order valence-corrected chi connectivity index (χ2v) is 6.04. The molecule has 2 fully saturated rings. The minimum atomic E-state index is 0.242. The molecule has 2 rings (SSSR count). The van der Waals surface area contributed by atoms with E-state index in [9.17, 15) is 0 Å². The molecule has 1 unspecified atom stereocenters. The molecule has 0 aromatic heterocycles. The Morgan fingerprint density at radius 2 is 2.00 bits per heavy atom. The highest BCUT2D eigenvalue weighted by Gasteiger charge is 2.38. The van der Waals surface area contributed by atoms with E-state index in [0.717, 1.165) is 19.7 Å². The van der Waals surface area contributed by atoms with Crippen molar-refractivity contribution in [1.82, 2.24) is 10.2 Å². The normalized spacial score (nSPS) is 28.8. The number of rotatable bonds is 4. The first-order valence-corrected chi connectivity index (χ1v) is 7.22. The number of likely N-dealkylation sites (N-methyl/N-ethyl adjacent to an activating group) is 1. The van der Waals surface area contributed by atoms with Crippen LogP contribution in [0, 0.1) is 0 Å². The summed E-state index contributed by atoms with van der Waals surface area (Å²) in [4.78, 5) is 2.24. The predicted molar refractivity (Wildman–Crippen MR) is 71.3 cm³/mol. The second kappa shape index (κ2) is 6.17. The van der Waals surface area contributed by atoms with E-state index in [4.69, 9.17) is 4.74 Å². The molecule has 1 atom stereocenters. The van der Waals surface area contributed by atoms with Crippen molar-refractivity contribution in [3.05, 3.63) is 0 Å². The third kappa shape index (κ3) is 3.94. The zero-order valence-corrected chi connectivity index (χ0v) is 11.5. The Labute approximate surface area is 106 Å². The first-order chi connectivity index (χ1) is 8.20. The maximum absolute atomic E-state index is 6.11. The van der Waals surface area contributed by atoms with Crippen molar-refractivity contribution >= 4 is 0 Å². The quantitative estimate of drug-likeness (QED) is 0.813. The van der Waals surface area contributed by atoms with Crippen LogP contribution in [0.2, 0.25) is 0 Å². The van der Waals surface area contributed by atoms with Crippen LogP contribution in [-0.2, 0) is 4.74 Å². The highest BCUT2D eigenvalue weighted by Crippen LogP contribution is 2.38. The molecule has 0 aromatic rings. The lowest BCUT2D eigenvalue weighted by molar-refractivity contribution is -0.109. The largest absolute Gasteiger partial charge is 0.375 e. The minimum Gasteiger partial charge on any atom is -0.375 e. The molecule has 17 heavy (non-hydrogen) atoms. The van der Waals surface area contributed by atoms with Crippen LogP contribution in [0.25, 0.3) is 0 Å². The van der Waals surface area contributed by atoms with Crippen LogP contribution in [0.3, 0.4) is 0 Å². The summed E-state index contributed by atoms with van der Waals surface area (Å²) in [7, 11) is 4.27. The van der Waals surface area contributed by atoms with Crippen LogP contribution in [0.4, 0.5) is 0 Å². The third-order valence-corrected chi connectivity index (χ3v) is 4.25. The summed E-state index contributed by atoms with van der Waals surface area (Å²) < 4.78 is 6.11. The van der Waals surface area contributed by atoms with Gasteiger partial charge >= 0.3 is 0 Å². The van der Waals surface area contributed by atoms with Crippen molar-refractivity contribution in [1.29, 1.82) is 0 Å². The van der Waals surface area contributed by atoms with Crippen LogP contribution in [0.1, 0.15) is 44.9 Å². The molecule has 100 valence electrons. The number of nitrogens with zero attached hydrogens (tertiary/aromatic N) is 1. The van der Waals surface area contributed by atoms with Gasteiger partial charge < -0.3 is 15.0 Å². The molecular weight excluding hydrogens is 212 g/mol. The Morgan fingerprint density at radius 3 is 2.71 bits per heavy atom. The fraction of sp³-hybridized carbons (Fsp3) is 1.00. The van der Waals surface area contributed by atoms with Gasteiger partial charge in [-0.15, -0.1) is 0 Å². The second-order valence-electron chi connectivity index (χ2n) is 6.04. The summed E-state index contributed by atoms with van der Waals surface area (Å²) in [6.45, 7) is 3.19. The molecule has 3 heteroatoms. The Hall–Kier alpha value is -0.120. The van der Waals surface area contributed by atoms with E-state index in [1.165, 1.54) is 44.9 Å². The van der Waals surface area contributed by atoms with E-state index in [2.05, 4.69) is 24.3 Å². The molecule has 1 spiro atoms. The zero-order chi connectivity index (χ0) is 12.1. The number of ether oxygens (including phenoxy) is 1. The molecule has 1 aliphatic carbocycles. The average Bonchev–Trinajstić information content (AvgIpc) is 2.29. The molecule has 0 radical (unpaired) electrons. The first-order valence-electron chi connectivity index (χ1n) is 7.22. The van der Waals surface area contributed by atoms with Gasteiger partial charge in [0.25, 0.3) is 0 Å². The molecule has 3 nitrogen and oxygen atoms in total. The van der Waals surface area contributed by atoms with Crippen molar-refractivity contribution < 1.29 is 4.74 Å². The first kappa shape index (κ1) is 13.3. The standard InChI is InChI=1S/C14H28N2O/c1-16(2)10-9-15-13-6-11-17-14(12-13)7-4-3-5-8-14/h13,15H,3-12H2,1-2H3. The van der Waals surface area contributed by atoms with Crippen LogP contribution in [-0.4, -0.2) is 50.3 Å². The van der Waals surface area contributed by atoms with E-state index < -0.39 is 0 Å². The molecule has 0 amide bonds. The summed E-state index contributed by atoms with van der Waals surface area (Å²) in [6, 6.07) is 0.682. The Kier molecular flexibility index (Phi) is 4.83. The van der Waals surface area contributed by atoms with Crippen molar-refractivity contribution in [3.8, 4) is 0 Å². The summed E-state index contributed by atoms with van der Waals surface area (Å²) >= 11 is 0. The van der Waals surface area contributed by atoms with Gasteiger partial charge in [-0.25, -0.2) is 0 Å². The lowest BCUT2D eigenvalue weighted by atomic mass is 9.78. The van der Waals surface area contributed by atoms with Gasteiger partial charge in [0.2, 0.25) is 0 Å². The highest BCUT2D eigenvalue weighted by atomic mass is 16.5. The molecular formula is C14H28N2O. The van der Waals surface area contributed by atoms with Gasteiger partial charge in [0.05, 0.1) is 5.60 Å². The monoisotopic (exact) mass is 240 g/mol. The van der Waals surface area contributed by atoms with Gasteiger partial charge in [0, 0.05) is 25.7 Å². The van der Waals surface area contributed by atoms with Crippen LogP contribution < -0.4 is 5.32 Å². The SMILES string of the molecule is CN(C)CCNC1CCOC2(CCCCC2)C1. The van der Waals surface area contributed by atoms with Crippen molar-refractivity contribution in [3.63, 3.8) is 0 Å². The van der Waals surface area contributed by atoms with Crippen LogP contribution in [0.5, 0.6) is 0 Å². The summed E-state index contributed by atoms with van der Waals surface area (Å²) in [5.41, 5.74) is 0.242. The molecule has 0 bridgehead atoms. The van der Waals surface area contributed by atoms with E-state index in [0.29, 0.717) is 6.04 Å². The summed E-state index contributed by atoms with van der Waals surface area (Å²) in [5.74, 6) is 0. The number of nitrogens with one attached hydrogen (secondary N) is 1. The maximum atomic E-state index is 6.11. The molecule has 1 saturated heterocycles. The van der Waals surface area contributed by atoms with Crippen molar-refractivity contribution in [2.45, 2.75) is 56.6 Å². The van der Waals surface area contributed by atoms with Crippen LogP contribution >= 0.6 is 0 Å². The van der Waals surface area contributed by atoms with Gasteiger partial charge in [-0.05, 0) is 39.8 Å². The molecule has 1 heterocycles. The zero-order valence-electron chi connectivity index (χ0n) is 11.5. The minimum absolute atomic E-state index is 0.242. The fourth-order valence-electron chi connectivity index (χ4n) is 3.24. The third-order valence-electron chi connectivity index (χ3n) is 4.25. The van der Waals surface area contributed by atoms with E-state index in [1.807, 2.05) is 0 Å². The van der Waals surface area contributed by atoms with Crippen molar-refractivity contribution in [2.75, 3.05) is 33.8 Å². The molecule has 1 saturated carbocycles. The summed E-state index contributed by atoms with van der Waals surface area (Å²) in [6.07, 6.45) is 9.14. The van der Waals surface area contributed by atoms with Gasteiger partial charge in [0.15, 0.2) is 0 Å². The lowest BCUT2D eigenvalue weighted by Crippen LogP contribution is -2.49. The molecule has 0 aromatic carbocycles. The average molecular weight is 240 g/mol. The fourth-order valence-corrected chi connectivity index (χ4v) is 3.24. The van der Waals surface area contributed by atoms with Crippen LogP contribution in [0.15, 0.2) is 0 Å². The highest BCUT2D eigenvalue weighted by molar-refractivity contribution is 4.92. The number of hydrogen-bond acceptors (Lipinski definition) is 3.